The van der Waals surface area contributed by atoms with E-state index < -0.39 is 23.7 Å². The van der Waals surface area contributed by atoms with E-state index in [4.69, 9.17) is 9.84 Å². The fourth-order valence-corrected chi connectivity index (χ4v) is 1.81. The summed E-state index contributed by atoms with van der Waals surface area (Å²) >= 11 is 0. The van der Waals surface area contributed by atoms with Gasteiger partial charge in [-0.2, -0.15) is 0 Å². The third-order valence-electron chi connectivity index (χ3n) is 2.87. The van der Waals surface area contributed by atoms with Crippen LogP contribution in [0.4, 0.5) is 4.39 Å². The normalized spacial score (nSPS) is 11.9. The Hall–Kier alpha value is -1.91. The molecule has 0 bridgehead atoms. The maximum atomic E-state index is 13.3. The molecule has 0 aliphatic heterocycles. The lowest BCUT2D eigenvalue weighted by Gasteiger charge is -2.13. The summed E-state index contributed by atoms with van der Waals surface area (Å²) in [5.74, 6) is -2.66. The molecule has 1 rings (SSSR count). The number of halogens is 1. The predicted molar refractivity (Wildman–Crippen MR) is 67.5 cm³/mol. The van der Waals surface area contributed by atoms with Crippen LogP contribution in [0.3, 0.4) is 0 Å². The second kappa shape index (κ2) is 6.87. The van der Waals surface area contributed by atoms with E-state index in [-0.39, 0.29) is 18.6 Å². The molecule has 19 heavy (non-hydrogen) atoms. The van der Waals surface area contributed by atoms with E-state index in [1.165, 1.54) is 12.1 Å². The van der Waals surface area contributed by atoms with Gasteiger partial charge in [-0.1, -0.05) is 6.92 Å². The number of ether oxygens (including phenoxy) is 1. The molecule has 1 aromatic carbocycles. The first-order valence-corrected chi connectivity index (χ1v) is 6.17. The molecule has 0 aromatic heterocycles. The first-order valence-electron chi connectivity index (χ1n) is 6.17. The molecule has 1 N–H and O–H groups in total. The summed E-state index contributed by atoms with van der Waals surface area (Å²) in [6, 6.07) is 3.69. The number of carboxylic acids is 1. The predicted octanol–water partition coefficient (Wildman–Crippen LogP) is 2.66. The minimum atomic E-state index is -0.957. The Labute approximate surface area is 111 Å². The zero-order valence-electron chi connectivity index (χ0n) is 11.0. The second-order valence-electron chi connectivity index (χ2n) is 4.17. The first kappa shape index (κ1) is 15.1. The van der Waals surface area contributed by atoms with Crippen molar-refractivity contribution >= 4 is 11.9 Å². The van der Waals surface area contributed by atoms with Crippen LogP contribution in [-0.4, -0.2) is 23.7 Å². The third-order valence-corrected chi connectivity index (χ3v) is 2.87. The van der Waals surface area contributed by atoms with Gasteiger partial charge >= 0.3 is 11.9 Å². The molecule has 1 atom stereocenters. The van der Waals surface area contributed by atoms with Gasteiger partial charge in [0, 0.05) is 0 Å². The lowest BCUT2D eigenvalue weighted by atomic mass is 9.93. The number of carbonyl (C=O) groups is 2. The van der Waals surface area contributed by atoms with Crippen LogP contribution < -0.4 is 0 Å². The molecule has 104 valence electrons. The van der Waals surface area contributed by atoms with Gasteiger partial charge in [0.1, 0.15) is 5.82 Å². The van der Waals surface area contributed by atoms with Crippen molar-refractivity contribution < 1.29 is 23.8 Å². The smallest absolute Gasteiger partial charge is 0.338 e. The number of carbonyl (C=O) groups excluding carboxylic acids is 1. The summed E-state index contributed by atoms with van der Waals surface area (Å²) in [6.45, 7) is 3.63. The number of rotatable bonds is 6. The molecule has 0 heterocycles. The van der Waals surface area contributed by atoms with Crippen molar-refractivity contribution in [3.63, 3.8) is 0 Å². The summed E-state index contributed by atoms with van der Waals surface area (Å²) in [5, 5.41) is 9.03. The van der Waals surface area contributed by atoms with Crippen molar-refractivity contribution in [3.8, 4) is 0 Å². The zero-order chi connectivity index (χ0) is 14.4. The molecular formula is C14H17FO4. The lowest BCUT2D eigenvalue weighted by molar-refractivity contribution is -0.141. The number of benzene rings is 1. The van der Waals surface area contributed by atoms with Crippen LogP contribution in [0.25, 0.3) is 0 Å². The number of esters is 1. The Morgan fingerprint density at radius 3 is 2.58 bits per heavy atom. The highest BCUT2D eigenvalue weighted by Crippen LogP contribution is 2.19. The van der Waals surface area contributed by atoms with E-state index >= 15 is 0 Å². The van der Waals surface area contributed by atoms with Crippen LogP contribution >= 0.6 is 0 Å². The van der Waals surface area contributed by atoms with Crippen LogP contribution in [0.1, 0.15) is 36.2 Å². The van der Waals surface area contributed by atoms with Crippen LogP contribution in [0.2, 0.25) is 0 Å². The fourth-order valence-electron chi connectivity index (χ4n) is 1.81. The molecule has 0 radical (unpaired) electrons. The van der Waals surface area contributed by atoms with E-state index in [0.29, 0.717) is 12.0 Å². The summed E-state index contributed by atoms with van der Waals surface area (Å²) in [5.41, 5.74) is 0.593. The number of aliphatic carboxylic acids is 1. The molecule has 0 amide bonds. The van der Waals surface area contributed by atoms with Crippen molar-refractivity contribution in [2.75, 3.05) is 6.61 Å². The van der Waals surface area contributed by atoms with E-state index in [1.807, 2.05) is 0 Å². The van der Waals surface area contributed by atoms with Crippen LogP contribution in [0.5, 0.6) is 0 Å². The molecule has 5 heteroatoms. The van der Waals surface area contributed by atoms with Crippen LogP contribution in [0, 0.1) is 11.7 Å². The van der Waals surface area contributed by atoms with Gasteiger partial charge in [-0.3, -0.25) is 4.79 Å². The average Bonchev–Trinajstić information content (AvgIpc) is 2.35. The Balaban J connectivity index is 3.06. The van der Waals surface area contributed by atoms with Gasteiger partial charge in [-0.25, -0.2) is 9.18 Å². The van der Waals surface area contributed by atoms with Gasteiger partial charge in [0.05, 0.1) is 18.1 Å². The van der Waals surface area contributed by atoms with Gasteiger partial charge in [-0.15, -0.1) is 0 Å². The van der Waals surface area contributed by atoms with E-state index in [9.17, 15) is 14.0 Å². The molecule has 4 nitrogen and oxygen atoms in total. The maximum Gasteiger partial charge on any atom is 0.338 e. The summed E-state index contributed by atoms with van der Waals surface area (Å²) in [7, 11) is 0. The van der Waals surface area contributed by atoms with Gasteiger partial charge in [0.25, 0.3) is 0 Å². The Morgan fingerprint density at radius 1 is 1.37 bits per heavy atom. The van der Waals surface area contributed by atoms with Crippen molar-refractivity contribution in [1.82, 2.24) is 0 Å². The monoisotopic (exact) mass is 268 g/mol. The minimum Gasteiger partial charge on any atom is -0.481 e. The number of hydrogen-bond donors (Lipinski definition) is 1. The topological polar surface area (TPSA) is 63.6 Å². The molecule has 0 fully saturated rings. The zero-order valence-corrected chi connectivity index (χ0v) is 11.0. The van der Waals surface area contributed by atoms with Gasteiger partial charge in [0.15, 0.2) is 0 Å². The van der Waals surface area contributed by atoms with Gasteiger partial charge in [-0.05, 0) is 43.5 Å². The molecular weight excluding hydrogens is 251 g/mol. The van der Waals surface area contributed by atoms with Gasteiger partial charge < -0.3 is 9.84 Å². The maximum absolute atomic E-state index is 13.3. The highest BCUT2D eigenvalue weighted by molar-refractivity contribution is 5.91. The molecule has 0 spiro atoms. The second-order valence-corrected chi connectivity index (χ2v) is 4.17. The Bertz CT molecular complexity index is 471. The largest absolute Gasteiger partial charge is 0.481 e. The molecule has 1 aromatic rings. The van der Waals surface area contributed by atoms with Gasteiger partial charge in [0.2, 0.25) is 0 Å². The highest BCUT2D eigenvalue weighted by Gasteiger charge is 2.20. The van der Waals surface area contributed by atoms with Crippen molar-refractivity contribution in [2.24, 2.45) is 5.92 Å². The SMILES string of the molecule is CCOC(=O)c1ccc(F)cc1CC(CC)C(=O)O. The lowest BCUT2D eigenvalue weighted by Crippen LogP contribution is -2.18. The third kappa shape index (κ3) is 4.05. The van der Waals surface area contributed by atoms with Crippen molar-refractivity contribution in [2.45, 2.75) is 26.7 Å². The minimum absolute atomic E-state index is 0.109. The molecule has 0 aliphatic rings. The number of carboxylic acid groups (broad SMARTS) is 1. The Morgan fingerprint density at radius 2 is 2.05 bits per heavy atom. The molecule has 0 saturated heterocycles. The van der Waals surface area contributed by atoms with E-state index in [1.54, 1.807) is 13.8 Å². The summed E-state index contributed by atoms with van der Waals surface area (Å²) in [6.07, 6.45) is 0.520. The Kier molecular flexibility index (Phi) is 5.48. The van der Waals surface area contributed by atoms with Crippen molar-refractivity contribution in [3.05, 3.63) is 35.1 Å². The summed E-state index contributed by atoms with van der Waals surface area (Å²) < 4.78 is 18.1. The molecule has 0 aliphatic carbocycles. The van der Waals surface area contributed by atoms with Crippen LogP contribution in [0.15, 0.2) is 18.2 Å². The fraction of sp³-hybridized carbons (Fsp3) is 0.429. The molecule has 1 unspecified atom stereocenters. The quantitative estimate of drug-likeness (QED) is 0.806. The highest BCUT2D eigenvalue weighted by atomic mass is 19.1. The summed E-state index contributed by atoms with van der Waals surface area (Å²) in [4.78, 5) is 22.7. The van der Waals surface area contributed by atoms with E-state index in [0.717, 1.165) is 6.07 Å². The van der Waals surface area contributed by atoms with Crippen molar-refractivity contribution in [1.29, 1.82) is 0 Å². The number of hydrogen-bond acceptors (Lipinski definition) is 3. The van der Waals surface area contributed by atoms with E-state index in [2.05, 4.69) is 0 Å². The molecule has 0 saturated carbocycles. The average molecular weight is 268 g/mol. The standard InChI is InChI=1S/C14H17FO4/c1-3-9(13(16)17)7-10-8-11(15)5-6-12(10)14(18)19-4-2/h5-6,8-9H,3-4,7H2,1-2H3,(H,16,17). The van der Waals surface area contributed by atoms with Crippen LogP contribution in [-0.2, 0) is 16.0 Å². The first-order chi connectivity index (χ1) is 8.99.